The maximum Gasteiger partial charge on any atom is 0.137 e. The third kappa shape index (κ3) is 2.01. The Morgan fingerprint density at radius 1 is 1.50 bits per heavy atom. The Balaban J connectivity index is 2.11. The van der Waals surface area contributed by atoms with Gasteiger partial charge in [0.1, 0.15) is 22.1 Å². The molecule has 3 nitrogen and oxygen atoms in total. The Morgan fingerprint density at radius 2 is 2.36 bits per heavy atom. The number of hydrogen-bond donors (Lipinski definition) is 2. The van der Waals surface area contributed by atoms with Gasteiger partial charge < -0.3 is 15.2 Å². The Bertz CT molecular complexity index is 324. The van der Waals surface area contributed by atoms with Gasteiger partial charge in [-0.25, -0.2) is 0 Å². The van der Waals surface area contributed by atoms with Gasteiger partial charge in [0.25, 0.3) is 0 Å². The fourth-order valence-corrected chi connectivity index (χ4v) is 1.86. The van der Waals surface area contributed by atoms with Crippen molar-refractivity contribution in [3.05, 3.63) is 22.7 Å². The summed E-state index contributed by atoms with van der Waals surface area (Å²) in [5.74, 6) is 0.923. The van der Waals surface area contributed by atoms with Gasteiger partial charge in [0.05, 0.1) is 0 Å². The number of aromatic hydroxyl groups is 1. The molecule has 1 unspecified atom stereocenters. The molecule has 2 rings (SSSR count). The first kappa shape index (κ1) is 9.80. The van der Waals surface area contributed by atoms with Crippen molar-refractivity contribution in [1.82, 2.24) is 5.32 Å². The summed E-state index contributed by atoms with van der Waals surface area (Å²) in [5, 5.41) is 12.7. The van der Waals surface area contributed by atoms with Crippen LogP contribution < -0.4 is 10.1 Å². The number of ether oxygens (including phenoxy) is 1. The third-order valence-electron chi connectivity index (χ3n) is 2.25. The summed E-state index contributed by atoms with van der Waals surface area (Å²) in [6, 6.07) is 5.25. The minimum Gasteiger partial charge on any atom is -0.507 e. The van der Waals surface area contributed by atoms with Gasteiger partial charge in [-0.2, -0.15) is 0 Å². The first-order valence-electron chi connectivity index (χ1n) is 4.62. The zero-order valence-electron chi connectivity index (χ0n) is 7.66. The summed E-state index contributed by atoms with van der Waals surface area (Å²) in [7, 11) is 0. The van der Waals surface area contributed by atoms with E-state index in [0.717, 1.165) is 19.5 Å². The van der Waals surface area contributed by atoms with Gasteiger partial charge in [-0.05, 0) is 41.0 Å². The quantitative estimate of drug-likeness (QED) is 0.851. The highest BCUT2D eigenvalue weighted by Crippen LogP contribution is 2.33. The molecule has 2 N–H and O–H groups in total. The summed E-state index contributed by atoms with van der Waals surface area (Å²) in [5.41, 5.74) is 0. The maximum absolute atomic E-state index is 9.43. The highest BCUT2D eigenvalue weighted by molar-refractivity contribution is 9.10. The standard InChI is InChI=1S/C10H12BrNO2/c11-10-8(13)2-1-3-9(10)14-7-4-5-12-6-7/h1-3,7,12-13H,4-6H2. The molecule has 0 amide bonds. The zero-order chi connectivity index (χ0) is 9.97. The predicted octanol–water partition coefficient (Wildman–Crippen LogP) is 1.90. The number of nitrogens with one attached hydrogen (secondary N) is 1. The van der Waals surface area contributed by atoms with Crippen LogP contribution in [0.5, 0.6) is 11.5 Å². The second kappa shape index (κ2) is 4.19. The molecule has 0 aliphatic carbocycles. The van der Waals surface area contributed by atoms with Gasteiger partial charge in [-0.1, -0.05) is 6.07 Å². The molecule has 14 heavy (non-hydrogen) atoms. The summed E-state index contributed by atoms with van der Waals surface area (Å²) >= 11 is 3.29. The van der Waals surface area contributed by atoms with E-state index < -0.39 is 0 Å². The van der Waals surface area contributed by atoms with Crippen LogP contribution in [0.25, 0.3) is 0 Å². The van der Waals surface area contributed by atoms with Crippen molar-refractivity contribution in [2.45, 2.75) is 12.5 Å². The SMILES string of the molecule is Oc1cccc(OC2CCNC2)c1Br. The van der Waals surface area contributed by atoms with Crippen LogP contribution in [0, 0.1) is 0 Å². The Kier molecular flexibility index (Phi) is 2.93. The lowest BCUT2D eigenvalue weighted by Gasteiger charge is -2.14. The van der Waals surface area contributed by atoms with E-state index in [9.17, 15) is 5.11 Å². The molecule has 0 aromatic heterocycles. The monoisotopic (exact) mass is 257 g/mol. The van der Waals surface area contributed by atoms with Crippen LogP contribution in [0.3, 0.4) is 0 Å². The minimum atomic E-state index is 0.216. The van der Waals surface area contributed by atoms with E-state index in [0.29, 0.717) is 10.2 Å². The summed E-state index contributed by atoms with van der Waals surface area (Å²) in [6.45, 7) is 1.88. The molecule has 1 aromatic rings. The molecular weight excluding hydrogens is 246 g/mol. The molecule has 1 aliphatic rings. The number of phenolic OH excluding ortho intramolecular Hbond substituents is 1. The van der Waals surface area contributed by atoms with Crippen molar-refractivity contribution in [3.63, 3.8) is 0 Å². The Morgan fingerprint density at radius 3 is 3.07 bits per heavy atom. The molecule has 76 valence electrons. The molecule has 1 aliphatic heterocycles. The van der Waals surface area contributed by atoms with Crippen LogP contribution >= 0.6 is 15.9 Å². The second-order valence-electron chi connectivity index (χ2n) is 3.32. The van der Waals surface area contributed by atoms with Gasteiger partial charge in [-0.15, -0.1) is 0 Å². The molecule has 0 spiro atoms. The normalized spacial score (nSPS) is 21.1. The van der Waals surface area contributed by atoms with Gasteiger partial charge in [0.2, 0.25) is 0 Å². The van der Waals surface area contributed by atoms with Gasteiger partial charge in [0.15, 0.2) is 0 Å². The van der Waals surface area contributed by atoms with Crippen LogP contribution in [-0.4, -0.2) is 24.3 Å². The average molecular weight is 258 g/mol. The van der Waals surface area contributed by atoms with E-state index in [1.54, 1.807) is 12.1 Å². The molecule has 0 radical (unpaired) electrons. The fraction of sp³-hybridized carbons (Fsp3) is 0.400. The van der Waals surface area contributed by atoms with E-state index in [-0.39, 0.29) is 11.9 Å². The number of rotatable bonds is 2. The van der Waals surface area contributed by atoms with Crippen LogP contribution in [0.4, 0.5) is 0 Å². The van der Waals surface area contributed by atoms with Crippen molar-refractivity contribution in [2.75, 3.05) is 13.1 Å². The van der Waals surface area contributed by atoms with E-state index in [4.69, 9.17) is 4.74 Å². The molecule has 0 saturated carbocycles. The van der Waals surface area contributed by atoms with Gasteiger partial charge >= 0.3 is 0 Å². The van der Waals surface area contributed by atoms with Gasteiger partial charge in [0, 0.05) is 6.54 Å². The topological polar surface area (TPSA) is 41.5 Å². The van der Waals surface area contributed by atoms with E-state index >= 15 is 0 Å². The highest BCUT2D eigenvalue weighted by Gasteiger charge is 2.17. The first-order chi connectivity index (χ1) is 6.77. The van der Waals surface area contributed by atoms with Crippen molar-refractivity contribution >= 4 is 15.9 Å². The zero-order valence-corrected chi connectivity index (χ0v) is 9.25. The van der Waals surface area contributed by atoms with E-state index in [1.807, 2.05) is 6.07 Å². The van der Waals surface area contributed by atoms with Crippen LogP contribution in [0.2, 0.25) is 0 Å². The predicted molar refractivity (Wildman–Crippen MR) is 57.7 cm³/mol. The van der Waals surface area contributed by atoms with Crippen molar-refractivity contribution in [2.24, 2.45) is 0 Å². The minimum absolute atomic E-state index is 0.216. The molecule has 1 aromatic carbocycles. The second-order valence-corrected chi connectivity index (χ2v) is 4.11. The number of benzene rings is 1. The third-order valence-corrected chi connectivity index (χ3v) is 3.05. The average Bonchev–Trinajstić information content (AvgIpc) is 2.66. The molecule has 1 heterocycles. The summed E-state index contributed by atoms with van der Waals surface area (Å²) in [6.07, 6.45) is 1.23. The Labute approximate surface area is 91.2 Å². The maximum atomic E-state index is 9.43. The largest absolute Gasteiger partial charge is 0.507 e. The van der Waals surface area contributed by atoms with E-state index in [2.05, 4.69) is 21.2 Å². The Hall–Kier alpha value is -0.740. The van der Waals surface area contributed by atoms with Crippen LogP contribution in [-0.2, 0) is 0 Å². The lowest BCUT2D eigenvalue weighted by molar-refractivity contribution is 0.220. The highest BCUT2D eigenvalue weighted by atomic mass is 79.9. The van der Waals surface area contributed by atoms with Crippen LogP contribution in [0.1, 0.15) is 6.42 Å². The number of halogens is 1. The number of hydrogen-bond acceptors (Lipinski definition) is 3. The van der Waals surface area contributed by atoms with Crippen molar-refractivity contribution < 1.29 is 9.84 Å². The first-order valence-corrected chi connectivity index (χ1v) is 5.41. The summed E-state index contributed by atoms with van der Waals surface area (Å²) < 4.78 is 6.35. The molecule has 0 bridgehead atoms. The molecule has 1 fully saturated rings. The van der Waals surface area contributed by atoms with E-state index in [1.165, 1.54) is 0 Å². The smallest absolute Gasteiger partial charge is 0.137 e. The lowest BCUT2D eigenvalue weighted by Crippen LogP contribution is -2.19. The molecule has 1 atom stereocenters. The van der Waals surface area contributed by atoms with Crippen molar-refractivity contribution in [1.29, 1.82) is 0 Å². The van der Waals surface area contributed by atoms with Crippen molar-refractivity contribution in [3.8, 4) is 11.5 Å². The number of phenols is 1. The molecular formula is C10H12BrNO2. The lowest BCUT2D eigenvalue weighted by atomic mass is 10.3. The fourth-order valence-electron chi connectivity index (χ4n) is 1.50. The summed E-state index contributed by atoms with van der Waals surface area (Å²) in [4.78, 5) is 0. The van der Waals surface area contributed by atoms with Crippen LogP contribution in [0.15, 0.2) is 22.7 Å². The molecule has 1 saturated heterocycles. The van der Waals surface area contributed by atoms with Gasteiger partial charge in [-0.3, -0.25) is 0 Å². The molecule has 4 heteroatoms.